The summed E-state index contributed by atoms with van der Waals surface area (Å²) >= 11 is 0. The maximum atomic E-state index is 13.4. The summed E-state index contributed by atoms with van der Waals surface area (Å²) in [6.45, 7) is 4.83. The van der Waals surface area contributed by atoms with E-state index in [4.69, 9.17) is 0 Å². The van der Waals surface area contributed by atoms with E-state index in [-0.39, 0.29) is 11.8 Å². The quantitative estimate of drug-likeness (QED) is 0.409. The minimum absolute atomic E-state index is 0.133. The molecule has 0 saturated carbocycles. The highest BCUT2D eigenvalue weighted by Gasteiger charge is 2.31. The van der Waals surface area contributed by atoms with Gasteiger partial charge in [0, 0.05) is 54.9 Å². The fourth-order valence-corrected chi connectivity index (χ4v) is 5.15. The summed E-state index contributed by atoms with van der Waals surface area (Å²) in [6, 6.07) is 23.9. The van der Waals surface area contributed by atoms with Gasteiger partial charge in [-0.15, -0.1) is 0 Å². The van der Waals surface area contributed by atoms with Crippen LogP contribution < -0.4 is 20.4 Å². The van der Waals surface area contributed by atoms with E-state index >= 15 is 0 Å². The van der Waals surface area contributed by atoms with Crippen molar-refractivity contribution in [2.45, 2.75) is 32.6 Å². The third-order valence-electron chi connectivity index (χ3n) is 7.14. The minimum Gasteiger partial charge on any atom is -0.372 e. The van der Waals surface area contributed by atoms with E-state index in [9.17, 15) is 9.59 Å². The van der Waals surface area contributed by atoms with E-state index in [0.29, 0.717) is 23.4 Å². The number of nitrogens with one attached hydrogen (secondary N) is 2. The Kier molecular flexibility index (Phi) is 7.26. The Balaban J connectivity index is 1.57. The smallest absolute Gasteiger partial charge is 0.258 e. The second-order valence-corrected chi connectivity index (χ2v) is 9.68. The van der Waals surface area contributed by atoms with Crippen molar-refractivity contribution in [3.63, 3.8) is 0 Å². The Morgan fingerprint density at radius 1 is 0.946 bits per heavy atom. The molecule has 1 saturated heterocycles. The van der Waals surface area contributed by atoms with Crippen LogP contribution in [0.1, 0.15) is 54.1 Å². The first kappa shape index (κ1) is 24.6. The molecule has 2 aliphatic heterocycles. The number of piperidine rings is 1. The SMILES string of the molecule is CCCNC(=O)c1ccc2c(c1)C(=C(c1ccccc1)N(C)c1ccc(N3CCCCC3)cc1)C(=O)N2. The standard InChI is InChI=1S/C31H34N4O2/c1-3-18-32-30(36)23-12-17-27-26(21-23)28(31(37)33-27)29(22-10-6-4-7-11-22)34(2)24-13-15-25(16-14-24)35-19-8-5-9-20-35/h4,6-7,10-17,21H,3,5,8-9,18-20H2,1-2H3,(H,32,36)(H,33,37). The molecule has 2 amide bonds. The molecule has 3 aromatic rings. The first-order valence-corrected chi connectivity index (χ1v) is 13.2. The van der Waals surface area contributed by atoms with Crippen molar-refractivity contribution in [3.8, 4) is 0 Å². The summed E-state index contributed by atoms with van der Waals surface area (Å²) in [5.41, 5.74) is 6.52. The van der Waals surface area contributed by atoms with Gasteiger partial charge in [0.05, 0.1) is 11.3 Å². The summed E-state index contributed by atoms with van der Waals surface area (Å²) in [5, 5.41) is 5.94. The van der Waals surface area contributed by atoms with Crippen LogP contribution >= 0.6 is 0 Å². The molecule has 0 spiro atoms. The number of rotatable bonds is 7. The van der Waals surface area contributed by atoms with E-state index in [1.165, 1.54) is 24.9 Å². The number of amides is 2. The van der Waals surface area contributed by atoms with Crippen LogP contribution in [0.5, 0.6) is 0 Å². The molecular weight excluding hydrogens is 460 g/mol. The molecule has 2 heterocycles. The van der Waals surface area contributed by atoms with Gasteiger partial charge in [0.2, 0.25) is 0 Å². The van der Waals surface area contributed by atoms with Crippen LogP contribution in [-0.2, 0) is 4.79 Å². The molecule has 37 heavy (non-hydrogen) atoms. The molecule has 0 radical (unpaired) electrons. The average Bonchev–Trinajstić information content (AvgIpc) is 3.27. The molecule has 0 bridgehead atoms. The van der Waals surface area contributed by atoms with Gasteiger partial charge in [0.25, 0.3) is 11.8 Å². The number of carbonyl (C=O) groups excluding carboxylic acids is 2. The normalized spacial score (nSPS) is 16.2. The van der Waals surface area contributed by atoms with Crippen molar-refractivity contribution in [1.82, 2.24) is 5.32 Å². The molecule has 0 atom stereocenters. The summed E-state index contributed by atoms with van der Waals surface area (Å²) in [7, 11) is 1.99. The van der Waals surface area contributed by atoms with Crippen LogP contribution in [-0.4, -0.2) is 38.5 Å². The maximum Gasteiger partial charge on any atom is 0.258 e. The van der Waals surface area contributed by atoms with E-state index in [1.807, 2.05) is 56.4 Å². The highest BCUT2D eigenvalue weighted by molar-refractivity contribution is 6.37. The topological polar surface area (TPSA) is 64.7 Å². The van der Waals surface area contributed by atoms with Crippen LogP contribution in [0.15, 0.2) is 72.8 Å². The number of hydrogen-bond acceptors (Lipinski definition) is 4. The number of benzene rings is 3. The molecule has 2 N–H and O–H groups in total. The molecule has 2 aliphatic rings. The number of hydrogen-bond donors (Lipinski definition) is 2. The van der Waals surface area contributed by atoms with Gasteiger partial charge < -0.3 is 20.4 Å². The van der Waals surface area contributed by atoms with Crippen LogP contribution in [0.4, 0.5) is 17.1 Å². The Morgan fingerprint density at radius 2 is 1.68 bits per heavy atom. The zero-order chi connectivity index (χ0) is 25.8. The summed E-state index contributed by atoms with van der Waals surface area (Å²) < 4.78 is 0. The van der Waals surface area contributed by atoms with Crippen molar-refractivity contribution < 1.29 is 9.59 Å². The molecule has 190 valence electrons. The lowest BCUT2D eigenvalue weighted by atomic mass is 9.97. The number of fused-ring (bicyclic) bond motifs is 1. The first-order chi connectivity index (χ1) is 18.1. The highest BCUT2D eigenvalue weighted by Crippen LogP contribution is 2.40. The predicted octanol–water partition coefficient (Wildman–Crippen LogP) is 5.77. The van der Waals surface area contributed by atoms with Crippen molar-refractivity contribution >= 4 is 40.1 Å². The third-order valence-corrected chi connectivity index (χ3v) is 7.14. The van der Waals surface area contributed by atoms with Crippen LogP contribution in [0.25, 0.3) is 11.3 Å². The zero-order valence-corrected chi connectivity index (χ0v) is 21.6. The first-order valence-electron chi connectivity index (χ1n) is 13.2. The zero-order valence-electron chi connectivity index (χ0n) is 21.6. The van der Waals surface area contributed by atoms with Crippen LogP contribution in [0.2, 0.25) is 0 Å². The predicted molar refractivity (Wildman–Crippen MR) is 152 cm³/mol. The van der Waals surface area contributed by atoms with Gasteiger partial charge in [0.1, 0.15) is 0 Å². The minimum atomic E-state index is -0.170. The molecule has 5 rings (SSSR count). The van der Waals surface area contributed by atoms with Gasteiger partial charge in [-0.25, -0.2) is 0 Å². The molecule has 6 heteroatoms. The Bertz CT molecular complexity index is 1310. The lowest BCUT2D eigenvalue weighted by molar-refractivity contribution is -0.110. The second-order valence-electron chi connectivity index (χ2n) is 9.68. The molecule has 6 nitrogen and oxygen atoms in total. The van der Waals surface area contributed by atoms with Gasteiger partial charge in [0.15, 0.2) is 0 Å². The van der Waals surface area contributed by atoms with Crippen molar-refractivity contribution in [2.24, 2.45) is 0 Å². The monoisotopic (exact) mass is 494 g/mol. The van der Waals surface area contributed by atoms with E-state index in [0.717, 1.165) is 42.0 Å². The number of anilines is 3. The molecule has 0 aliphatic carbocycles. The van der Waals surface area contributed by atoms with Crippen LogP contribution in [0, 0.1) is 0 Å². The average molecular weight is 495 g/mol. The Hall–Kier alpha value is -4.06. The van der Waals surface area contributed by atoms with E-state index in [2.05, 4.69) is 44.7 Å². The van der Waals surface area contributed by atoms with Crippen molar-refractivity contribution in [3.05, 3.63) is 89.5 Å². The number of carbonyl (C=O) groups is 2. The molecule has 0 unspecified atom stereocenters. The van der Waals surface area contributed by atoms with Gasteiger partial charge >= 0.3 is 0 Å². The summed E-state index contributed by atoms with van der Waals surface area (Å²) in [6.07, 6.45) is 4.63. The van der Waals surface area contributed by atoms with Crippen molar-refractivity contribution in [1.29, 1.82) is 0 Å². The maximum absolute atomic E-state index is 13.4. The van der Waals surface area contributed by atoms with Gasteiger partial charge in [-0.2, -0.15) is 0 Å². The molecule has 1 fully saturated rings. The lowest BCUT2D eigenvalue weighted by Gasteiger charge is -2.30. The fraction of sp³-hybridized carbons (Fsp3) is 0.290. The largest absolute Gasteiger partial charge is 0.372 e. The highest BCUT2D eigenvalue weighted by atomic mass is 16.2. The van der Waals surface area contributed by atoms with E-state index < -0.39 is 0 Å². The second kappa shape index (κ2) is 10.9. The third kappa shape index (κ3) is 5.10. The Morgan fingerprint density at radius 3 is 2.38 bits per heavy atom. The lowest BCUT2D eigenvalue weighted by Crippen LogP contribution is -2.29. The molecule has 0 aromatic heterocycles. The van der Waals surface area contributed by atoms with Crippen LogP contribution in [0.3, 0.4) is 0 Å². The summed E-state index contributed by atoms with van der Waals surface area (Å²) in [4.78, 5) is 30.6. The summed E-state index contributed by atoms with van der Waals surface area (Å²) in [5.74, 6) is -0.303. The fourth-order valence-electron chi connectivity index (χ4n) is 5.15. The van der Waals surface area contributed by atoms with E-state index in [1.54, 1.807) is 6.07 Å². The molecular formula is C31H34N4O2. The van der Waals surface area contributed by atoms with Gasteiger partial charge in [-0.3, -0.25) is 9.59 Å². The molecule has 3 aromatic carbocycles. The van der Waals surface area contributed by atoms with Gasteiger partial charge in [-0.05, 0) is 73.7 Å². The number of nitrogens with zero attached hydrogens (tertiary/aromatic N) is 2. The van der Waals surface area contributed by atoms with Crippen molar-refractivity contribution in [2.75, 3.05) is 41.8 Å². The van der Waals surface area contributed by atoms with Gasteiger partial charge in [-0.1, -0.05) is 37.3 Å². The Labute approximate surface area is 219 Å².